The lowest BCUT2D eigenvalue weighted by Crippen LogP contribution is -1.93. The highest BCUT2D eigenvalue weighted by Gasteiger charge is 2.01. The van der Waals surface area contributed by atoms with Crippen molar-refractivity contribution in [1.82, 2.24) is 9.97 Å². The van der Waals surface area contributed by atoms with E-state index in [9.17, 15) is 4.79 Å². The molecule has 3 aromatic rings. The molecule has 3 rings (SSSR count). The number of nitrogens with zero attached hydrogens (tertiary/aromatic N) is 2. The normalized spacial score (nSPS) is 11.0. The number of pyridine rings is 2. The van der Waals surface area contributed by atoms with Crippen LogP contribution in [0.15, 0.2) is 67.1 Å². The van der Waals surface area contributed by atoms with Gasteiger partial charge < -0.3 is 0 Å². The third-order valence-electron chi connectivity index (χ3n) is 3.06. The second-order valence-electron chi connectivity index (χ2n) is 4.35. The van der Waals surface area contributed by atoms with E-state index in [1.807, 2.05) is 36.4 Å². The van der Waals surface area contributed by atoms with Gasteiger partial charge in [-0.05, 0) is 35.9 Å². The van der Waals surface area contributed by atoms with E-state index in [1.54, 1.807) is 36.8 Å². The third kappa shape index (κ3) is 2.47. The summed E-state index contributed by atoms with van der Waals surface area (Å²) in [5, 5.41) is 1.04. The second-order valence-corrected chi connectivity index (χ2v) is 4.35. The van der Waals surface area contributed by atoms with Crippen molar-refractivity contribution in [2.24, 2.45) is 0 Å². The van der Waals surface area contributed by atoms with E-state index < -0.39 is 0 Å². The first-order valence-corrected chi connectivity index (χ1v) is 6.31. The van der Waals surface area contributed by atoms with Gasteiger partial charge in [-0.1, -0.05) is 24.3 Å². The van der Waals surface area contributed by atoms with Crippen molar-refractivity contribution in [3.8, 4) is 0 Å². The largest absolute Gasteiger partial charge is 0.289 e. The van der Waals surface area contributed by atoms with Gasteiger partial charge in [0.1, 0.15) is 0 Å². The zero-order valence-corrected chi connectivity index (χ0v) is 10.7. The highest BCUT2D eigenvalue weighted by molar-refractivity contribution is 6.07. The first-order valence-electron chi connectivity index (χ1n) is 6.31. The van der Waals surface area contributed by atoms with Crippen LogP contribution in [0.5, 0.6) is 0 Å². The monoisotopic (exact) mass is 260 g/mol. The molecule has 0 spiro atoms. The molecule has 0 fully saturated rings. The highest BCUT2D eigenvalue weighted by Crippen LogP contribution is 2.17. The molecular weight excluding hydrogens is 248 g/mol. The van der Waals surface area contributed by atoms with E-state index in [0.717, 1.165) is 16.5 Å². The van der Waals surface area contributed by atoms with Gasteiger partial charge in [0.25, 0.3) is 0 Å². The zero-order chi connectivity index (χ0) is 13.8. The van der Waals surface area contributed by atoms with Crippen molar-refractivity contribution in [2.45, 2.75) is 0 Å². The first kappa shape index (κ1) is 12.2. The van der Waals surface area contributed by atoms with Crippen molar-refractivity contribution in [2.75, 3.05) is 0 Å². The standard InChI is InChI=1S/C17H12N2O/c20-17(14-7-10-18-11-8-14)6-5-13-9-12-19-16-4-2-1-3-15(13)16/h1-12H. The molecule has 0 saturated heterocycles. The van der Waals surface area contributed by atoms with Gasteiger partial charge in [-0.3, -0.25) is 14.8 Å². The van der Waals surface area contributed by atoms with E-state index in [2.05, 4.69) is 9.97 Å². The molecule has 2 aromatic heterocycles. The Morgan fingerprint density at radius 2 is 1.75 bits per heavy atom. The van der Waals surface area contributed by atoms with Crippen LogP contribution in [-0.2, 0) is 0 Å². The average Bonchev–Trinajstić information content (AvgIpc) is 2.53. The summed E-state index contributed by atoms with van der Waals surface area (Å²) >= 11 is 0. The van der Waals surface area contributed by atoms with Crippen LogP contribution in [-0.4, -0.2) is 15.8 Å². The van der Waals surface area contributed by atoms with E-state index in [4.69, 9.17) is 0 Å². The van der Waals surface area contributed by atoms with Gasteiger partial charge >= 0.3 is 0 Å². The second kappa shape index (κ2) is 5.45. The molecule has 0 amide bonds. The minimum absolute atomic E-state index is 0.0340. The quantitative estimate of drug-likeness (QED) is 0.534. The molecule has 0 N–H and O–H groups in total. The number of hydrogen-bond acceptors (Lipinski definition) is 3. The molecule has 3 nitrogen and oxygen atoms in total. The summed E-state index contributed by atoms with van der Waals surface area (Å²) in [6, 6.07) is 13.2. The Labute approximate surface area is 116 Å². The summed E-state index contributed by atoms with van der Waals surface area (Å²) in [6.07, 6.45) is 8.38. The number of ketones is 1. The van der Waals surface area contributed by atoms with Crippen LogP contribution >= 0.6 is 0 Å². The molecule has 0 bridgehead atoms. The summed E-state index contributed by atoms with van der Waals surface area (Å²) in [5.74, 6) is -0.0340. The van der Waals surface area contributed by atoms with Gasteiger partial charge in [0.05, 0.1) is 5.52 Å². The van der Waals surface area contributed by atoms with Crippen LogP contribution in [0.4, 0.5) is 0 Å². The topological polar surface area (TPSA) is 42.9 Å². The predicted molar refractivity (Wildman–Crippen MR) is 79.3 cm³/mol. The van der Waals surface area contributed by atoms with Crippen molar-refractivity contribution in [1.29, 1.82) is 0 Å². The number of rotatable bonds is 3. The SMILES string of the molecule is O=C(C=Cc1ccnc2ccccc12)c1ccncc1. The fourth-order valence-corrected chi connectivity index (χ4v) is 2.04. The fraction of sp³-hybridized carbons (Fsp3) is 0. The average molecular weight is 260 g/mol. The van der Waals surface area contributed by atoms with Crippen LogP contribution in [0.25, 0.3) is 17.0 Å². The minimum Gasteiger partial charge on any atom is -0.289 e. The number of carbonyl (C=O) groups excluding carboxylic acids is 1. The molecular formula is C17H12N2O. The maximum absolute atomic E-state index is 12.0. The van der Waals surface area contributed by atoms with Gasteiger partial charge in [0.15, 0.2) is 5.78 Å². The number of benzene rings is 1. The number of hydrogen-bond donors (Lipinski definition) is 0. The smallest absolute Gasteiger partial charge is 0.185 e. The maximum Gasteiger partial charge on any atom is 0.185 e. The van der Waals surface area contributed by atoms with Crippen LogP contribution in [0.2, 0.25) is 0 Å². The first-order chi connectivity index (χ1) is 9.84. The van der Waals surface area contributed by atoms with Crippen molar-refractivity contribution in [3.63, 3.8) is 0 Å². The Balaban J connectivity index is 1.94. The zero-order valence-electron chi connectivity index (χ0n) is 10.7. The molecule has 0 unspecified atom stereocenters. The number of carbonyl (C=O) groups is 1. The van der Waals surface area contributed by atoms with Crippen molar-refractivity contribution < 1.29 is 4.79 Å². The number of aromatic nitrogens is 2. The lowest BCUT2D eigenvalue weighted by atomic mass is 10.1. The molecule has 20 heavy (non-hydrogen) atoms. The predicted octanol–water partition coefficient (Wildman–Crippen LogP) is 3.53. The van der Waals surface area contributed by atoms with Crippen molar-refractivity contribution >= 4 is 22.8 Å². The van der Waals surface area contributed by atoms with Crippen LogP contribution < -0.4 is 0 Å². The van der Waals surface area contributed by atoms with Crippen molar-refractivity contribution in [3.05, 3.63) is 78.3 Å². The van der Waals surface area contributed by atoms with E-state index in [0.29, 0.717) is 5.56 Å². The van der Waals surface area contributed by atoms with Crippen LogP contribution in [0, 0.1) is 0 Å². The Morgan fingerprint density at radius 1 is 0.950 bits per heavy atom. The molecule has 3 heteroatoms. The van der Waals surface area contributed by atoms with Gasteiger partial charge in [-0.2, -0.15) is 0 Å². The van der Waals surface area contributed by atoms with Gasteiger partial charge in [-0.15, -0.1) is 0 Å². The molecule has 0 aliphatic rings. The van der Waals surface area contributed by atoms with E-state index >= 15 is 0 Å². The Hall–Kier alpha value is -2.81. The molecule has 0 aliphatic heterocycles. The maximum atomic E-state index is 12.0. The third-order valence-corrected chi connectivity index (χ3v) is 3.06. The summed E-state index contributed by atoms with van der Waals surface area (Å²) in [7, 11) is 0. The highest BCUT2D eigenvalue weighted by atomic mass is 16.1. The van der Waals surface area contributed by atoms with Crippen LogP contribution in [0.1, 0.15) is 15.9 Å². The Kier molecular flexibility index (Phi) is 3.33. The lowest BCUT2D eigenvalue weighted by Gasteiger charge is -2.00. The molecule has 0 saturated carbocycles. The lowest BCUT2D eigenvalue weighted by molar-refractivity contribution is 0.104. The van der Waals surface area contributed by atoms with Gasteiger partial charge in [0.2, 0.25) is 0 Å². The summed E-state index contributed by atoms with van der Waals surface area (Å²) < 4.78 is 0. The molecule has 0 atom stereocenters. The number of allylic oxidation sites excluding steroid dienone is 1. The van der Waals surface area contributed by atoms with E-state index in [1.165, 1.54) is 0 Å². The van der Waals surface area contributed by atoms with Gasteiger partial charge in [-0.25, -0.2) is 0 Å². The number of fused-ring (bicyclic) bond motifs is 1. The Bertz CT molecular complexity index is 774. The van der Waals surface area contributed by atoms with E-state index in [-0.39, 0.29) is 5.78 Å². The minimum atomic E-state index is -0.0340. The van der Waals surface area contributed by atoms with Gasteiger partial charge in [0, 0.05) is 29.5 Å². The number of para-hydroxylation sites is 1. The molecule has 96 valence electrons. The Morgan fingerprint density at radius 3 is 2.60 bits per heavy atom. The summed E-state index contributed by atoms with van der Waals surface area (Å²) in [5.41, 5.74) is 2.54. The molecule has 0 aliphatic carbocycles. The summed E-state index contributed by atoms with van der Waals surface area (Å²) in [4.78, 5) is 20.2. The molecule has 0 radical (unpaired) electrons. The van der Waals surface area contributed by atoms with Crippen LogP contribution in [0.3, 0.4) is 0 Å². The fourth-order valence-electron chi connectivity index (χ4n) is 2.04. The molecule has 2 heterocycles. The summed E-state index contributed by atoms with van der Waals surface area (Å²) in [6.45, 7) is 0. The molecule has 1 aromatic carbocycles.